The van der Waals surface area contributed by atoms with Gasteiger partial charge in [-0.15, -0.1) is 0 Å². The Bertz CT molecular complexity index is 1130. The zero-order valence-electron chi connectivity index (χ0n) is 19.0. The number of methoxy groups -OCH3 is 3. The molecule has 0 heterocycles. The normalized spacial score (nSPS) is 10.4. The molecule has 176 valence electrons. The van der Waals surface area contributed by atoms with Crippen molar-refractivity contribution in [3.8, 4) is 23.0 Å². The van der Waals surface area contributed by atoms with E-state index in [1.165, 1.54) is 33.5 Å². The summed E-state index contributed by atoms with van der Waals surface area (Å²) in [7, 11) is 4.45. The van der Waals surface area contributed by atoms with Gasteiger partial charge in [-0.25, -0.2) is 4.79 Å². The van der Waals surface area contributed by atoms with Gasteiger partial charge in [0.15, 0.2) is 16.6 Å². The van der Waals surface area contributed by atoms with E-state index < -0.39 is 5.97 Å². The van der Waals surface area contributed by atoms with Gasteiger partial charge < -0.3 is 24.3 Å². The van der Waals surface area contributed by atoms with Gasteiger partial charge in [0.1, 0.15) is 5.75 Å². The molecule has 0 radical (unpaired) electrons. The number of carbonyl (C=O) groups excluding carboxylic acids is 1. The van der Waals surface area contributed by atoms with Gasteiger partial charge in [-0.1, -0.05) is 30.3 Å². The first kappa shape index (κ1) is 24.5. The van der Waals surface area contributed by atoms with Crippen molar-refractivity contribution in [2.24, 2.45) is 5.10 Å². The lowest BCUT2D eigenvalue weighted by atomic mass is 10.2. The van der Waals surface area contributed by atoms with Crippen molar-refractivity contribution in [1.29, 1.82) is 0 Å². The third kappa shape index (κ3) is 6.69. The van der Waals surface area contributed by atoms with Crippen LogP contribution >= 0.6 is 12.2 Å². The summed E-state index contributed by atoms with van der Waals surface area (Å²) < 4.78 is 21.3. The number of thiocarbonyl (C=S) groups is 1. The van der Waals surface area contributed by atoms with Crippen molar-refractivity contribution >= 4 is 29.5 Å². The summed E-state index contributed by atoms with van der Waals surface area (Å²) in [5, 5.41) is 7.61. The number of rotatable bonds is 9. The van der Waals surface area contributed by atoms with Gasteiger partial charge in [0.2, 0.25) is 5.75 Å². The maximum absolute atomic E-state index is 12.6. The van der Waals surface area contributed by atoms with Crippen molar-refractivity contribution < 1.29 is 23.7 Å². The molecule has 34 heavy (non-hydrogen) atoms. The van der Waals surface area contributed by atoms with E-state index in [-0.39, 0.29) is 5.56 Å². The van der Waals surface area contributed by atoms with Crippen molar-refractivity contribution in [3.05, 3.63) is 83.4 Å². The fourth-order valence-corrected chi connectivity index (χ4v) is 3.09. The summed E-state index contributed by atoms with van der Waals surface area (Å²) in [6, 6.07) is 19.9. The predicted octanol–water partition coefficient (Wildman–Crippen LogP) is 3.93. The Morgan fingerprint density at radius 1 is 0.941 bits per heavy atom. The average Bonchev–Trinajstić information content (AvgIpc) is 2.88. The largest absolute Gasteiger partial charge is 0.493 e. The Hall–Kier alpha value is -4.11. The van der Waals surface area contributed by atoms with Crippen LogP contribution in [0, 0.1) is 0 Å². The summed E-state index contributed by atoms with van der Waals surface area (Å²) in [5.41, 5.74) is 4.95. The highest BCUT2D eigenvalue weighted by Gasteiger charge is 2.18. The summed E-state index contributed by atoms with van der Waals surface area (Å²) in [6.07, 6.45) is 1.61. The van der Waals surface area contributed by atoms with Crippen LogP contribution in [0.25, 0.3) is 0 Å². The van der Waals surface area contributed by atoms with Gasteiger partial charge in [0.05, 0.1) is 33.1 Å². The van der Waals surface area contributed by atoms with Gasteiger partial charge in [-0.2, -0.15) is 5.10 Å². The number of nitrogens with zero attached hydrogens (tertiary/aromatic N) is 1. The van der Waals surface area contributed by atoms with Crippen LogP contribution in [0.5, 0.6) is 23.0 Å². The summed E-state index contributed by atoms with van der Waals surface area (Å²) in [6.45, 7) is 0.605. The molecule has 0 aromatic heterocycles. The molecular weight excluding hydrogens is 454 g/mol. The molecule has 3 rings (SSSR count). The number of esters is 1. The zero-order valence-corrected chi connectivity index (χ0v) is 19.8. The van der Waals surface area contributed by atoms with E-state index in [1.807, 2.05) is 30.3 Å². The number of carbonyl (C=O) groups is 1. The second-order valence-corrected chi connectivity index (χ2v) is 7.32. The van der Waals surface area contributed by atoms with Crippen LogP contribution in [-0.4, -0.2) is 38.6 Å². The fourth-order valence-electron chi connectivity index (χ4n) is 2.97. The molecule has 3 aromatic rings. The summed E-state index contributed by atoms with van der Waals surface area (Å²) in [5.74, 6) is 0.947. The SMILES string of the molecule is COc1cc(C(=O)Oc2ccc(C=NNC(=S)NCc3ccccc3)cc2)cc(OC)c1OC. The van der Waals surface area contributed by atoms with Crippen LogP contribution in [0.15, 0.2) is 71.8 Å². The van der Waals surface area contributed by atoms with E-state index in [0.29, 0.717) is 34.7 Å². The Morgan fingerprint density at radius 3 is 2.18 bits per heavy atom. The monoisotopic (exact) mass is 479 g/mol. The van der Waals surface area contributed by atoms with Gasteiger partial charge in [0, 0.05) is 6.54 Å². The molecule has 0 fully saturated rings. The minimum Gasteiger partial charge on any atom is -0.493 e. The lowest BCUT2D eigenvalue weighted by Gasteiger charge is -2.13. The molecular formula is C25H25N3O5S. The first-order chi connectivity index (χ1) is 16.5. The number of benzene rings is 3. The molecule has 0 amide bonds. The van der Waals surface area contributed by atoms with Crippen LogP contribution in [0.3, 0.4) is 0 Å². The van der Waals surface area contributed by atoms with Crippen molar-refractivity contribution in [2.45, 2.75) is 6.54 Å². The molecule has 9 heteroatoms. The molecule has 0 atom stereocenters. The average molecular weight is 480 g/mol. The van der Waals surface area contributed by atoms with E-state index in [9.17, 15) is 4.79 Å². The molecule has 0 aliphatic rings. The Kier molecular flexibility index (Phi) is 8.81. The third-order valence-electron chi connectivity index (χ3n) is 4.67. The zero-order chi connectivity index (χ0) is 24.3. The van der Waals surface area contributed by atoms with Crippen LogP contribution in [-0.2, 0) is 6.54 Å². The number of hydrogen-bond donors (Lipinski definition) is 2. The number of hydrazone groups is 1. The second-order valence-electron chi connectivity index (χ2n) is 6.91. The predicted molar refractivity (Wildman–Crippen MR) is 134 cm³/mol. The van der Waals surface area contributed by atoms with E-state index in [1.54, 1.807) is 30.5 Å². The minimum absolute atomic E-state index is 0.265. The topological polar surface area (TPSA) is 90.4 Å². The Balaban J connectivity index is 1.55. The van der Waals surface area contributed by atoms with E-state index in [2.05, 4.69) is 15.8 Å². The highest BCUT2D eigenvalue weighted by atomic mass is 32.1. The highest BCUT2D eigenvalue weighted by molar-refractivity contribution is 7.80. The van der Waals surface area contributed by atoms with E-state index in [0.717, 1.165) is 11.1 Å². The third-order valence-corrected chi connectivity index (χ3v) is 4.90. The molecule has 0 aliphatic heterocycles. The molecule has 0 spiro atoms. The van der Waals surface area contributed by atoms with Crippen molar-refractivity contribution in [2.75, 3.05) is 21.3 Å². The second kappa shape index (κ2) is 12.2. The number of nitrogens with one attached hydrogen (secondary N) is 2. The van der Waals surface area contributed by atoms with Gasteiger partial charge in [-0.3, -0.25) is 5.43 Å². The Labute approximate surface area is 203 Å². The highest BCUT2D eigenvalue weighted by Crippen LogP contribution is 2.38. The van der Waals surface area contributed by atoms with Crippen LogP contribution in [0.2, 0.25) is 0 Å². The Morgan fingerprint density at radius 2 is 1.59 bits per heavy atom. The van der Waals surface area contributed by atoms with Crippen LogP contribution in [0.4, 0.5) is 0 Å². The standard InChI is InChI=1S/C25H25N3O5S/c1-30-21-13-19(14-22(31-2)23(21)32-3)24(29)33-20-11-9-18(10-12-20)16-27-28-25(34)26-15-17-7-5-4-6-8-17/h4-14,16H,15H2,1-3H3,(H2,26,28,34). The lowest BCUT2D eigenvalue weighted by molar-refractivity contribution is 0.0734. The maximum atomic E-state index is 12.6. The molecule has 0 aliphatic carbocycles. The van der Waals surface area contributed by atoms with Crippen molar-refractivity contribution in [1.82, 2.24) is 10.7 Å². The van der Waals surface area contributed by atoms with Crippen LogP contribution < -0.4 is 29.7 Å². The van der Waals surface area contributed by atoms with E-state index >= 15 is 0 Å². The van der Waals surface area contributed by atoms with Gasteiger partial charge >= 0.3 is 5.97 Å². The molecule has 0 saturated carbocycles. The smallest absolute Gasteiger partial charge is 0.343 e. The maximum Gasteiger partial charge on any atom is 0.343 e. The molecule has 0 saturated heterocycles. The molecule has 0 bridgehead atoms. The first-order valence-electron chi connectivity index (χ1n) is 10.3. The molecule has 8 nitrogen and oxygen atoms in total. The lowest BCUT2D eigenvalue weighted by Crippen LogP contribution is -2.31. The number of ether oxygens (including phenoxy) is 4. The summed E-state index contributed by atoms with van der Waals surface area (Å²) in [4.78, 5) is 12.6. The summed E-state index contributed by atoms with van der Waals surface area (Å²) >= 11 is 5.22. The van der Waals surface area contributed by atoms with Crippen molar-refractivity contribution in [3.63, 3.8) is 0 Å². The quantitative estimate of drug-likeness (QED) is 0.157. The van der Waals surface area contributed by atoms with Gasteiger partial charge in [-0.05, 0) is 59.7 Å². The van der Waals surface area contributed by atoms with Gasteiger partial charge in [0.25, 0.3) is 0 Å². The molecule has 2 N–H and O–H groups in total. The number of hydrogen-bond acceptors (Lipinski definition) is 7. The fraction of sp³-hybridized carbons (Fsp3) is 0.160. The first-order valence-corrected chi connectivity index (χ1v) is 10.7. The molecule has 0 unspecified atom stereocenters. The minimum atomic E-state index is -0.558. The molecule has 3 aromatic carbocycles. The van der Waals surface area contributed by atoms with Crippen LogP contribution in [0.1, 0.15) is 21.5 Å². The van der Waals surface area contributed by atoms with E-state index in [4.69, 9.17) is 31.2 Å².